The molecule has 2 aromatic carbocycles. The quantitative estimate of drug-likeness (QED) is 0.393. The molecule has 0 radical (unpaired) electrons. The van der Waals surface area contributed by atoms with Gasteiger partial charge in [0.25, 0.3) is 0 Å². The topological polar surface area (TPSA) is 60.4 Å². The van der Waals surface area contributed by atoms with E-state index in [1.807, 2.05) is 30.3 Å². The molecule has 0 saturated carbocycles. The number of Topliss-reactive ketones (excluding diaryl/α,β-unsaturated/α-hetero) is 2. The fraction of sp³-hybridized carbons (Fsp3) is 0.318. The Labute approximate surface area is 167 Å². The zero-order valence-electron chi connectivity index (χ0n) is 15.5. The molecule has 0 aliphatic carbocycles. The molecule has 0 bridgehead atoms. The van der Waals surface area contributed by atoms with Gasteiger partial charge in [-0.15, -0.1) is 0 Å². The van der Waals surface area contributed by atoms with Gasteiger partial charge in [0.15, 0.2) is 11.6 Å². The van der Waals surface area contributed by atoms with Gasteiger partial charge < -0.3 is 4.74 Å². The molecule has 0 unspecified atom stereocenters. The molecule has 5 heteroatoms. The number of esters is 1. The minimum atomic E-state index is -1.50. The lowest BCUT2D eigenvalue weighted by Crippen LogP contribution is -2.54. The van der Waals surface area contributed by atoms with Crippen molar-refractivity contribution >= 4 is 33.5 Å². The number of cyclic esters (lactones) is 1. The number of rotatable bonds is 4. The van der Waals surface area contributed by atoms with Crippen LogP contribution in [0.25, 0.3) is 0 Å². The molecule has 2 aromatic rings. The lowest BCUT2D eigenvalue weighted by Gasteiger charge is -2.44. The fourth-order valence-electron chi connectivity index (χ4n) is 3.63. The van der Waals surface area contributed by atoms with Gasteiger partial charge in [-0.1, -0.05) is 58.4 Å². The summed E-state index contributed by atoms with van der Waals surface area (Å²) >= 11 is 3.33. The molecule has 4 nitrogen and oxygen atoms in total. The third-order valence-electron chi connectivity index (χ3n) is 5.20. The van der Waals surface area contributed by atoms with E-state index in [1.165, 1.54) is 6.92 Å². The molecule has 1 fully saturated rings. The summed E-state index contributed by atoms with van der Waals surface area (Å²) in [4.78, 5) is 38.8. The molecule has 2 atom stereocenters. The van der Waals surface area contributed by atoms with Crippen LogP contribution in [0.4, 0.5) is 0 Å². The highest BCUT2D eigenvalue weighted by Crippen LogP contribution is 2.49. The van der Waals surface area contributed by atoms with Crippen molar-refractivity contribution < 1.29 is 19.1 Å². The van der Waals surface area contributed by atoms with Crippen LogP contribution in [0.5, 0.6) is 0 Å². The lowest BCUT2D eigenvalue weighted by atomic mass is 9.64. The zero-order chi connectivity index (χ0) is 19.8. The Balaban J connectivity index is 1.90. The van der Waals surface area contributed by atoms with Gasteiger partial charge in [0, 0.05) is 16.5 Å². The van der Waals surface area contributed by atoms with Crippen molar-refractivity contribution in [3.05, 3.63) is 70.2 Å². The molecular formula is C22H21BrO4. The maximum absolute atomic E-state index is 13.3. The summed E-state index contributed by atoms with van der Waals surface area (Å²) in [5.74, 6) is -1.18. The van der Waals surface area contributed by atoms with Crippen LogP contribution in [0.2, 0.25) is 0 Å². The highest BCUT2D eigenvalue weighted by Gasteiger charge is 2.58. The first kappa shape index (κ1) is 19.5. The maximum Gasteiger partial charge on any atom is 0.320 e. The third-order valence-corrected chi connectivity index (χ3v) is 5.73. The normalized spacial score (nSPS) is 24.4. The highest BCUT2D eigenvalue weighted by molar-refractivity contribution is 9.10. The number of carbonyl (C=O) groups is 3. The largest absolute Gasteiger partial charge is 0.456 e. The second-order valence-electron chi connectivity index (χ2n) is 7.69. The molecule has 0 amide bonds. The second-order valence-corrected chi connectivity index (χ2v) is 8.60. The fourth-order valence-corrected chi connectivity index (χ4v) is 3.90. The summed E-state index contributed by atoms with van der Waals surface area (Å²) in [5, 5.41) is 0. The molecule has 1 saturated heterocycles. The van der Waals surface area contributed by atoms with Crippen LogP contribution in [0.3, 0.4) is 0 Å². The molecule has 0 N–H and O–H groups in total. The van der Waals surface area contributed by atoms with Gasteiger partial charge >= 0.3 is 5.97 Å². The molecule has 1 heterocycles. The first-order chi connectivity index (χ1) is 12.7. The molecule has 0 aromatic heterocycles. The number of halogens is 1. The minimum absolute atomic E-state index is 0.211. The van der Waals surface area contributed by atoms with E-state index in [0.29, 0.717) is 5.56 Å². The van der Waals surface area contributed by atoms with Crippen LogP contribution in [0.1, 0.15) is 49.2 Å². The molecular weight excluding hydrogens is 408 g/mol. The van der Waals surface area contributed by atoms with E-state index in [9.17, 15) is 14.4 Å². The Kier molecular flexibility index (Phi) is 5.08. The SMILES string of the molecule is CC1(C)C(=O)[C@](C)(CC(=O)c2ccc(Br)cc2)C(=O)O[C@@H]1c1ccccc1. The predicted molar refractivity (Wildman–Crippen MR) is 105 cm³/mol. The predicted octanol–water partition coefficient (Wildman–Crippen LogP) is 4.92. The first-order valence-electron chi connectivity index (χ1n) is 8.76. The van der Waals surface area contributed by atoms with Gasteiger partial charge in [-0.3, -0.25) is 14.4 Å². The minimum Gasteiger partial charge on any atom is -0.456 e. The summed E-state index contributed by atoms with van der Waals surface area (Å²) in [7, 11) is 0. The number of hydrogen-bond acceptors (Lipinski definition) is 4. The van der Waals surface area contributed by atoms with Crippen LogP contribution in [-0.2, 0) is 14.3 Å². The summed E-state index contributed by atoms with van der Waals surface area (Å²) in [6.45, 7) is 5.04. The van der Waals surface area contributed by atoms with Gasteiger partial charge in [-0.2, -0.15) is 0 Å². The van der Waals surface area contributed by atoms with Crippen molar-refractivity contribution in [2.75, 3.05) is 0 Å². The van der Waals surface area contributed by atoms with Gasteiger partial charge in [0.1, 0.15) is 11.5 Å². The van der Waals surface area contributed by atoms with E-state index < -0.39 is 22.9 Å². The Morgan fingerprint density at radius 2 is 1.59 bits per heavy atom. The molecule has 1 aliphatic heterocycles. The molecule has 0 spiro atoms. The number of ether oxygens (including phenoxy) is 1. The third kappa shape index (κ3) is 3.48. The van der Waals surface area contributed by atoms with Crippen LogP contribution in [0, 0.1) is 10.8 Å². The van der Waals surface area contributed by atoms with E-state index >= 15 is 0 Å². The molecule has 1 aliphatic rings. The monoisotopic (exact) mass is 428 g/mol. The summed E-state index contributed by atoms with van der Waals surface area (Å²) in [5.41, 5.74) is -1.21. The number of hydrogen-bond donors (Lipinski definition) is 0. The van der Waals surface area contributed by atoms with E-state index in [2.05, 4.69) is 15.9 Å². The van der Waals surface area contributed by atoms with Crippen molar-refractivity contribution in [1.82, 2.24) is 0 Å². The van der Waals surface area contributed by atoms with Gasteiger partial charge in [-0.05, 0) is 38.5 Å². The van der Waals surface area contributed by atoms with Crippen LogP contribution in [0.15, 0.2) is 59.1 Å². The van der Waals surface area contributed by atoms with Gasteiger partial charge in [-0.25, -0.2) is 0 Å². The summed E-state index contributed by atoms with van der Waals surface area (Å²) < 4.78 is 6.56. The lowest BCUT2D eigenvalue weighted by molar-refractivity contribution is -0.187. The summed E-state index contributed by atoms with van der Waals surface area (Å²) in [6, 6.07) is 16.1. The van der Waals surface area contributed by atoms with Crippen molar-refractivity contribution in [3.63, 3.8) is 0 Å². The smallest absolute Gasteiger partial charge is 0.320 e. The standard InChI is InChI=1S/C22H21BrO4/c1-21(2)18(15-7-5-4-6-8-15)27-20(26)22(3,19(21)25)13-17(24)14-9-11-16(23)12-10-14/h4-12,18H,13H2,1-3H3/t18-,22+/m1/s1. The van der Waals surface area contributed by atoms with E-state index in [1.54, 1.807) is 38.1 Å². The number of benzene rings is 2. The van der Waals surface area contributed by atoms with Gasteiger partial charge in [0.05, 0.1) is 5.41 Å². The average Bonchev–Trinajstić information content (AvgIpc) is 2.65. The Morgan fingerprint density at radius 1 is 1.00 bits per heavy atom. The van der Waals surface area contributed by atoms with E-state index in [0.717, 1.165) is 10.0 Å². The highest BCUT2D eigenvalue weighted by atomic mass is 79.9. The van der Waals surface area contributed by atoms with Crippen LogP contribution >= 0.6 is 15.9 Å². The first-order valence-corrected chi connectivity index (χ1v) is 9.55. The Morgan fingerprint density at radius 3 is 2.19 bits per heavy atom. The van der Waals surface area contributed by atoms with Crippen LogP contribution in [-0.4, -0.2) is 17.5 Å². The summed E-state index contributed by atoms with van der Waals surface area (Å²) in [6.07, 6.45) is -0.883. The van der Waals surface area contributed by atoms with Crippen molar-refractivity contribution in [2.45, 2.75) is 33.3 Å². The van der Waals surface area contributed by atoms with Crippen molar-refractivity contribution in [1.29, 1.82) is 0 Å². The Bertz CT molecular complexity index is 886. The zero-order valence-corrected chi connectivity index (χ0v) is 17.1. The van der Waals surface area contributed by atoms with Crippen molar-refractivity contribution in [3.8, 4) is 0 Å². The van der Waals surface area contributed by atoms with Gasteiger partial charge in [0.2, 0.25) is 0 Å². The number of ketones is 2. The molecule has 3 rings (SSSR count). The molecule has 27 heavy (non-hydrogen) atoms. The number of carbonyl (C=O) groups excluding carboxylic acids is 3. The second kappa shape index (κ2) is 7.04. The van der Waals surface area contributed by atoms with E-state index in [4.69, 9.17) is 4.74 Å². The Hall–Kier alpha value is -2.27. The average molecular weight is 429 g/mol. The van der Waals surface area contributed by atoms with Crippen molar-refractivity contribution in [2.24, 2.45) is 10.8 Å². The van der Waals surface area contributed by atoms with Crippen LogP contribution < -0.4 is 0 Å². The maximum atomic E-state index is 13.3. The molecule has 140 valence electrons. The van der Waals surface area contributed by atoms with E-state index in [-0.39, 0.29) is 18.0 Å².